The van der Waals surface area contributed by atoms with Crippen molar-refractivity contribution in [2.45, 2.75) is 12.8 Å². The largest absolute Gasteiger partial charge is 0.497 e. The zero-order chi connectivity index (χ0) is 24.7. The lowest BCUT2D eigenvalue weighted by molar-refractivity contribution is 0.0702. The summed E-state index contributed by atoms with van der Waals surface area (Å²) in [7, 11) is 1.59. The van der Waals surface area contributed by atoms with Crippen molar-refractivity contribution in [2.75, 3.05) is 7.11 Å². The third kappa shape index (κ3) is 3.94. The van der Waals surface area contributed by atoms with E-state index in [0.29, 0.717) is 33.2 Å². The average molecular weight is 487 g/mol. The van der Waals surface area contributed by atoms with Crippen LogP contribution in [0.2, 0.25) is 5.02 Å². The molecule has 8 heteroatoms. The molecule has 0 saturated carbocycles. The van der Waals surface area contributed by atoms with Gasteiger partial charge in [0, 0.05) is 27.6 Å². The summed E-state index contributed by atoms with van der Waals surface area (Å²) in [6.45, 7) is 1.77. The van der Waals surface area contributed by atoms with Crippen LogP contribution in [0.5, 0.6) is 17.2 Å². The molecule has 1 aliphatic heterocycles. The van der Waals surface area contributed by atoms with E-state index in [1.165, 1.54) is 0 Å². The predicted octanol–water partition coefficient (Wildman–Crippen LogP) is 5.84. The number of benzene rings is 3. The summed E-state index contributed by atoms with van der Waals surface area (Å²) in [4.78, 5) is 12.9. The summed E-state index contributed by atoms with van der Waals surface area (Å²) in [5.74, 6) is 0.314. The fourth-order valence-corrected chi connectivity index (χ4v) is 4.35. The Morgan fingerprint density at radius 2 is 1.83 bits per heavy atom. The fourth-order valence-electron chi connectivity index (χ4n) is 4.18. The topological polar surface area (TPSA) is 108 Å². The van der Waals surface area contributed by atoms with Crippen LogP contribution in [0.25, 0.3) is 11.0 Å². The van der Waals surface area contributed by atoms with Crippen molar-refractivity contribution in [3.8, 4) is 23.3 Å². The van der Waals surface area contributed by atoms with Gasteiger partial charge in [0.2, 0.25) is 11.6 Å². The highest BCUT2D eigenvalue weighted by Crippen LogP contribution is 2.43. The Morgan fingerprint density at radius 1 is 1.09 bits per heavy atom. The van der Waals surface area contributed by atoms with Gasteiger partial charge in [-0.15, -0.1) is 0 Å². The Labute approximate surface area is 205 Å². The standard InChI is InChI=1S/C27H19ClN2O5/c1-14-20-11-16(28)5-10-22(20)34-25(14)27(31)33-18-8-9-19-23(12-18)35-26(30)21(13-29)24(19)15-3-6-17(32-2)7-4-15/h3-12,24H,30H2,1-2H3. The Morgan fingerprint density at radius 3 is 2.54 bits per heavy atom. The minimum absolute atomic E-state index is 0.00528. The van der Waals surface area contributed by atoms with E-state index in [1.807, 2.05) is 24.3 Å². The van der Waals surface area contributed by atoms with Gasteiger partial charge in [-0.05, 0) is 48.9 Å². The zero-order valence-corrected chi connectivity index (χ0v) is 19.6. The SMILES string of the molecule is COc1ccc(C2C(C#N)=C(N)Oc3cc(OC(=O)c4oc5ccc(Cl)cc5c4C)ccc32)cc1. The van der Waals surface area contributed by atoms with Crippen molar-refractivity contribution in [1.29, 1.82) is 5.26 Å². The van der Waals surface area contributed by atoms with Crippen LogP contribution in [0, 0.1) is 18.3 Å². The van der Waals surface area contributed by atoms with Gasteiger partial charge in [0.15, 0.2) is 0 Å². The molecule has 0 radical (unpaired) electrons. The quantitative estimate of drug-likeness (QED) is 0.285. The molecular formula is C27H19ClN2O5. The van der Waals surface area contributed by atoms with Gasteiger partial charge in [0.05, 0.1) is 13.0 Å². The molecule has 4 aromatic rings. The second-order valence-corrected chi connectivity index (χ2v) is 8.42. The van der Waals surface area contributed by atoms with Crippen molar-refractivity contribution in [1.82, 2.24) is 0 Å². The molecule has 0 amide bonds. The van der Waals surface area contributed by atoms with Gasteiger partial charge >= 0.3 is 5.97 Å². The number of fused-ring (bicyclic) bond motifs is 2. The molecule has 5 rings (SSSR count). The molecule has 1 aliphatic rings. The van der Waals surface area contributed by atoms with E-state index in [-0.39, 0.29) is 17.4 Å². The number of nitrogens with two attached hydrogens (primary N) is 1. The summed E-state index contributed by atoms with van der Waals surface area (Å²) in [5.41, 5.74) is 9.11. The van der Waals surface area contributed by atoms with Gasteiger partial charge in [-0.3, -0.25) is 0 Å². The highest BCUT2D eigenvalue weighted by molar-refractivity contribution is 6.31. The number of hydrogen-bond acceptors (Lipinski definition) is 7. The number of carbonyl (C=O) groups excluding carboxylic acids is 1. The maximum absolute atomic E-state index is 12.9. The Hall–Kier alpha value is -4.41. The molecule has 1 unspecified atom stereocenters. The van der Waals surface area contributed by atoms with Crippen LogP contribution in [-0.2, 0) is 0 Å². The number of esters is 1. The number of nitrogens with zero attached hydrogens (tertiary/aromatic N) is 1. The van der Waals surface area contributed by atoms with Crippen LogP contribution in [0.4, 0.5) is 0 Å². The van der Waals surface area contributed by atoms with E-state index in [1.54, 1.807) is 50.4 Å². The molecule has 0 fully saturated rings. The number of ether oxygens (including phenoxy) is 3. The molecule has 2 N–H and O–H groups in total. The molecule has 3 aromatic carbocycles. The van der Waals surface area contributed by atoms with E-state index >= 15 is 0 Å². The first kappa shape index (κ1) is 22.4. The molecule has 0 bridgehead atoms. The molecule has 0 spiro atoms. The Balaban J connectivity index is 1.48. The lowest BCUT2D eigenvalue weighted by Crippen LogP contribution is -2.21. The van der Waals surface area contributed by atoms with Crippen LogP contribution >= 0.6 is 11.6 Å². The van der Waals surface area contributed by atoms with Crippen molar-refractivity contribution >= 4 is 28.5 Å². The van der Waals surface area contributed by atoms with Gasteiger partial charge in [-0.25, -0.2) is 4.79 Å². The normalized spacial score (nSPS) is 14.7. The van der Waals surface area contributed by atoms with Crippen molar-refractivity contribution in [3.05, 3.63) is 99.6 Å². The average Bonchev–Trinajstić information content (AvgIpc) is 3.19. The van der Waals surface area contributed by atoms with Crippen molar-refractivity contribution in [2.24, 2.45) is 5.73 Å². The first-order valence-electron chi connectivity index (χ1n) is 10.7. The maximum atomic E-state index is 12.9. The third-order valence-corrected chi connectivity index (χ3v) is 6.17. The minimum atomic E-state index is -0.654. The molecule has 1 atom stereocenters. The summed E-state index contributed by atoms with van der Waals surface area (Å²) in [6, 6.07) is 19.6. The predicted molar refractivity (Wildman–Crippen MR) is 130 cm³/mol. The first-order chi connectivity index (χ1) is 16.9. The number of methoxy groups -OCH3 is 1. The molecule has 2 heterocycles. The lowest BCUT2D eigenvalue weighted by Gasteiger charge is -2.26. The first-order valence-corrected chi connectivity index (χ1v) is 11.0. The van der Waals surface area contributed by atoms with Crippen LogP contribution in [0.3, 0.4) is 0 Å². The van der Waals surface area contributed by atoms with Gasteiger partial charge in [-0.1, -0.05) is 29.8 Å². The summed E-state index contributed by atoms with van der Waals surface area (Å²) in [5, 5.41) is 11.0. The Bertz CT molecular complexity index is 1550. The van der Waals surface area contributed by atoms with E-state index in [2.05, 4.69) is 6.07 Å². The highest BCUT2D eigenvalue weighted by Gasteiger charge is 2.31. The van der Waals surface area contributed by atoms with Crippen molar-refractivity contribution in [3.63, 3.8) is 0 Å². The molecule has 7 nitrogen and oxygen atoms in total. The number of carbonyl (C=O) groups is 1. The number of rotatable bonds is 4. The number of hydrogen-bond donors (Lipinski definition) is 1. The number of aryl methyl sites for hydroxylation is 1. The number of allylic oxidation sites excluding steroid dienone is 1. The summed E-state index contributed by atoms with van der Waals surface area (Å²) < 4.78 is 22.2. The molecule has 1 aromatic heterocycles. The van der Waals surface area contributed by atoms with E-state index in [0.717, 1.165) is 16.5 Å². The van der Waals surface area contributed by atoms with Gasteiger partial charge in [0.1, 0.15) is 34.5 Å². The second-order valence-electron chi connectivity index (χ2n) is 7.98. The molecule has 0 saturated heterocycles. The molecular weight excluding hydrogens is 468 g/mol. The maximum Gasteiger partial charge on any atom is 0.379 e. The minimum Gasteiger partial charge on any atom is -0.497 e. The summed E-state index contributed by atoms with van der Waals surface area (Å²) >= 11 is 6.07. The van der Waals surface area contributed by atoms with Gasteiger partial charge in [0.25, 0.3) is 0 Å². The molecule has 0 aliphatic carbocycles. The monoisotopic (exact) mass is 486 g/mol. The number of furan rings is 1. The van der Waals surface area contributed by atoms with Crippen LogP contribution < -0.4 is 19.9 Å². The third-order valence-electron chi connectivity index (χ3n) is 5.93. The van der Waals surface area contributed by atoms with E-state index in [4.69, 9.17) is 36.0 Å². The molecule has 174 valence electrons. The number of nitriles is 1. The second kappa shape index (κ2) is 8.75. The number of halogens is 1. The zero-order valence-electron chi connectivity index (χ0n) is 18.8. The van der Waals surface area contributed by atoms with Gasteiger partial charge in [-0.2, -0.15) is 5.26 Å². The van der Waals surface area contributed by atoms with Gasteiger partial charge < -0.3 is 24.4 Å². The van der Waals surface area contributed by atoms with Crippen LogP contribution in [0.15, 0.2) is 76.5 Å². The molecule has 35 heavy (non-hydrogen) atoms. The fraction of sp³-hybridized carbons (Fsp3) is 0.111. The van der Waals surface area contributed by atoms with Crippen LogP contribution in [0.1, 0.15) is 33.2 Å². The summed E-state index contributed by atoms with van der Waals surface area (Å²) in [6.07, 6.45) is 0. The lowest BCUT2D eigenvalue weighted by atomic mass is 9.83. The van der Waals surface area contributed by atoms with E-state index < -0.39 is 11.9 Å². The van der Waals surface area contributed by atoms with Crippen molar-refractivity contribution < 1.29 is 23.4 Å². The highest BCUT2D eigenvalue weighted by atomic mass is 35.5. The Kier molecular flexibility index (Phi) is 5.59. The van der Waals surface area contributed by atoms with Crippen LogP contribution in [-0.4, -0.2) is 13.1 Å². The van der Waals surface area contributed by atoms with E-state index in [9.17, 15) is 10.1 Å². The smallest absolute Gasteiger partial charge is 0.379 e.